The Balaban J connectivity index is 2.21. The number of benzene rings is 2. The number of amides is 1. The molecule has 0 heterocycles. The van der Waals surface area contributed by atoms with Crippen LogP contribution in [0.15, 0.2) is 60.7 Å². The Morgan fingerprint density at radius 3 is 2.18 bits per heavy atom. The number of alkyl halides is 1. The molecule has 0 unspecified atom stereocenters. The zero-order chi connectivity index (χ0) is 15.9. The molecular weight excluding hydrogens is 279 g/mol. The second kappa shape index (κ2) is 7.71. The van der Waals surface area contributed by atoms with E-state index in [9.17, 15) is 9.18 Å². The lowest BCUT2D eigenvalue weighted by molar-refractivity contribution is 0.0617. The van der Waals surface area contributed by atoms with E-state index in [0.29, 0.717) is 24.1 Å². The Labute approximate surface area is 130 Å². The van der Waals surface area contributed by atoms with E-state index in [1.54, 1.807) is 55.6 Å². The third-order valence-corrected chi connectivity index (χ3v) is 3.76. The minimum atomic E-state index is -1.26. The van der Waals surface area contributed by atoms with Gasteiger partial charge < -0.3 is 10.6 Å². The number of hydrogen-bond acceptors (Lipinski definition) is 2. The molecule has 2 atom stereocenters. The first kappa shape index (κ1) is 16.2. The molecule has 0 saturated heterocycles. The molecule has 0 saturated carbocycles. The topological polar surface area (TPSA) is 46.3 Å². The van der Waals surface area contributed by atoms with Gasteiger partial charge in [-0.15, -0.1) is 0 Å². The van der Waals surface area contributed by atoms with E-state index in [2.05, 4.69) is 0 Å². The van der Waals surface area contributed by atoms with Crippen molar-refractivity contribution in [3.8, 4) is 0 Å². The lowest BCUT2D eigenvalue weighted by atomic mass is 9.99. The molecule has 1 amide bonds. The monoisotopic (exact) mass is 300 g/mol. The number of nitrogens with two attached hydrogens (primary N) is 1. The van der Waals surface area contributed by atoms with Gasteiger partial charge in [-0.2, -0.15) is 0 Å². The molecule has 2 aromatic carbocycles. The third-order valence-electron chi connectivity index (χ3n) is 3.76. The molecule has 0 aliphatic rings. The van der Waals surface area contributed by atoms with Gasteiger partial charge in [0.05, 0.1) is 6.04 Å². The fourth-order valence-corrected chi connectivity index (χ4v) is 2.50. The van der Waals surface area contributed by atoms with Crippen molar-refractivity contribution in [3.05, 3.63) is 71.8 Å². The summed E-state index contributed by atoms with van der Waals surface area (Å²) < 4.78 is 14.9. The highest BCUT2D eigenvalue weighted by Crippen LogP contribution is 2.27. The van der Waals surface area contributed by atoms with E-state index in [0.717, 1.165) is 0 Å². The SMILES string of the molecule is CN(C(=O)c1ccccc1)[C@H](CCN)[C@@H](F)c1ccccc1. The molecule has 2 N–H and O–H groups in total. The van der Waals surface area contributed by atoms with E-state index in [-0.39, 0.29) is 5.91 Å². The molecule has 4 heteroatoms. The predicted molar refractivity (Wildman–Crippen MR) is 86.3 cm³/mol. The van der Waals surface area contributed by atoms with Crippen LogP contribution in [-0.2, 0) is 0 Å². The van der Waals surface area contributed by atoms with Crippen LogP contribution in [0.4, 0.5) is 4.39 Å². The number of halogens is 1. The lowest BCUT2D eigenvalue weighted by Crippen LogP contribution is -2.41. The maximum absolute atomic E-state index is 14.9. The summed E-state index contributed by atoms with van der Waals surface area (Å²) in [6.45, 7) is 0.324. The van der Waals surface area contributed by atoms with Crippen LogP contribution in [0.25, 0.3) is 0 Å². The highest BCUT2D eigenvalue weighted by Gasteiger charge is 2.29. The van der Waals surface area contributed by atoms with Gasteiger partial charge in [0.25, 0.3) is 5.91 Å². The summed E-state index contributed by atoms with van der Waals surface area (Å²) in [6, 6.07) is 17.2. The Hall–Kier alpha value is -2.20. The Bertz CT molecular complexity index is 589. The molecule has 3 nitrogen and oxygen atoms in total. The van der Waals surface area contributed by atoms with Crippen LogP contribution in [0.1, 0.15) is 28.5 Å². The molecule has 116 valence electrons. The molecule has 0 aliphatic heterocycles. The fourth-order valence-electron chi connectivity index (χ4n) is 2.50. The van der Waals surface area contributed by atoms with Crippen molar-refractivity contribution in [2.45, 2.75) is 18.6 Å². The van der Waals surface area contributed by atoms with Gasteiger partial charge in [0.15, 0.2) is 0 Å². The van der Waals surface area contributed by atoms with E-state index in [1.807, 2.05) is 12.1 Å². The maximum Gasteiger partial charge on any atom is 0.253 e. The average molecular weight is 300 g/mol. The molecule has 0 aliphatic carbocycles. The molecule has 0 radical (unpaired) electrons. The fraction of sp³-hybridized carbons (Fsp3) is 0.278. The Morgan fingerprint density at radius 1 is 1.09 bits per heavy atom. The van der Waals surface area contributed by atoms with Gasteiger partial charge in [0.2, 0.25) is 0 Å². The minimum absolute atomic E-state index is 0.197. The second-order valence-corrected chi connectivity index (χ2v) is 5.24. The van der Waals surface area contributed by atoms with E-state index in [1.165, 1.54) is 4.90 Å². The molecule has 22 heavy (non-hydrogen) atoms. The van der Waals surface area contributed by atoms with Gasteiger partial charge in [0, 0.05) is 12.6 Å². The minimum Gasteiger partial charge on any atom is -0.335 e. The van der Waals surface area contributed by atoms with Crippen LogP contribution in [-0.4, -0.2) is 30.4 Å². The molecule has 0 bridgehead atoms. The van der Waals surface area contributed by atoms with Crippen molar-refractivity contribution in [1.29, 1.82) is 0 Å². The molecule has 2 rings (SSSR count). The first-order chi connectivity index (χ1) is 10.6. The van der Waals surface area contributed by atoms with Crippen LogP contribution >= 0.6 is 0 Å². The maximum atomic E-state index is 14.9. The van der Waals surface area contributed by atoms with Crippen molar-refractivity contribution in [3.63, 3.8) is 0 Å². The van der Waals surface area contributed by atoms with Gasteiger partial charge in [0.1, 0.15) is 6.17 Å². The zero-order valence-corrected chi connectivity index (χ0v) is 12.7. The van der Waals surface area contributed by atoms with Crippen molar-refractivity contribution >= 4 is 5.91 Å². The zero-order valence-electron chi connectivity index (χ0n) is 12.7. The van der Waals surface area contributed by atoms with Gasteiger partial charge in [-0.1, -0.05) is 48.5 Å². The highest BCUT2D eigenvalue weighted by molar-refractivity contribution is 5.94. The number of likely N-dealkylation sites (N-methyl/N-ethyl adjacent to an activating group) is 1. The van der Waals surface area contributed by atoms with Crippen molar-refractivity contribution in [1.82, 2.24) is 4.90 Å². The quantitative estimate of drug-likeness (QED) is 0.890. The van der Waals surface area contributed by atoms with Crippen LogP contribution in [0.2, 0.25) is 0 Å². The van der Waals surface area contributed by atoms with E-state index >= 15 is 0 Å². The molecular formula is C18H21FN2O. The third kappa shape index (κ3) is 3.71. The standard InChI is InChI=1S/C18H21FN2O/c1-21(18(22)15-10-6-3-7-11-15)16(12-13-20)17(19)14-8-4-2-5-9-14/h2-11,16-17H,12-13,20H2,1H3/t16-,17+/m1/s1. The lowest BCUT2D eigenvalue weighted by Gasteiger charge is -2.31. The number of carbonyl (C=O) groups is 1. The first-order valence-electron chi connectivity index (χ1n) is 7.36. The summed E-state index contributed by atoms with van der Waals surface area (Å²) in [4.78, 5) is 14.0. The smallest absolute Gasteiger partial charge is 0.253 e. The number of carbonyl (C=O) groups excluding carboxylic acids is 1. The summed E-state index contributed by atoms with van der Waals surface area (Å²) in [5.74, 6) is -0.197. The van der Waals surface area contributed by atoms with Crippen LogP contribution < -0.4 is 5.73 Å². The highest BCUT2D eigenvalue weighted by atomic mass is 19.1. The van der Waals surface area contributed by atoms with Gasteiger partial charge >= 0.3 is 0 Å². The van der Waals surface area contributed by atoms with Crippen LogP contribution in [0, 0.1) is 0 Å². The van der Waals surface area contributed by atoms with Gasteiger partial charge in [-0.05, 0) is 30.7 Å². The normalized spacial score (nSPS) is 13.4. The predicted octanol–water partition coefficient (Wildman–Crippen LogP) is 3.19. The molecule has 0 aromatic heterocycles. The molecule has 2 aromatic rings. The molecule has 0 spiro atoms. The largest absolute Gasteiger partial charge is 0.335 e. The summed E-state index contributed by atoms with van der Waals surface area (Å²) >= 11 is 0. The first-order valence-corrected chi connectivity index (χ1v) is 7.36. The van der Waals surface area contributed by atoms with E-state index in [4.69, 9.17) is 5.73 Å². The number of hydrogen-bond donors (Lipinski definition) is 1. The van der Waals surface area contributed by atoms with Crippen LogP contribution in [0.5, 0.6) is 0 Å². The van der Waals surface area contributed by atoms with Gasteiger partial charge in [-0.3, -0.25) is 4.79 Å². The van der Waals surface area contributed by atoms with Crippen molar-refractivity contribution in [2.75, 3.05) is 13.6 Å². The summed E-state index contributed by atoms with van der Waals surface area (Å²) in [5.41, 5.74) is 6.73. The summed E-state index contributed by atoms with van der Waals surface area (Å²) in [5, 5.41) is 0. The Morgan fingerprint density at radius 2 is 1.64 bits per heavy atom. The summed E-state index contributed by atoms with van der Waals surface area (Å²) in [6.07, 6.45) is -0.854. The van der Waals surface area contributed by atoms with Crippen LogP contribution in [0.3, 0.4) is 0 Å². The van der Waals surface area contributed by atoms with E-state index < -0.39 is 12.2 Å². The second-order valence-electron chi connectivity index (χ2n) is 5.24. The Kier molecular flexibility index (Phi) is 5.67. The van der Waals surface area contributed by atoms with Crippen molar-refractivity contribution < 1.29 is 9.18 Å². The van der Waals surface area contributed by atoms with Gasteiger partial charge in [-0.25, -0.2) is 4.39 Å². The number of rotatable bonds is 6. The average Bonchev–Trinajstić information content (AvgIpc) is 2.59. The summed E-state index contributed by atoms with van der Waals surface area (Å²) in [7, 11) is 1.63. The number of nitrogens with zero attached hydrogens (tertiary/aromatic N) is 1. The van der Waals surface area contributed by atoms with Crippen molar-refractivity contribution in [2.24, 2.45) is 5.73 Å². The molecule has 0 fully saturated rings.